The quantitative estimate of drug-likeness (QED) is 0.890. The van der Waals surface area contributed by atoms with Crippen LogP contribution in [0, 0.1) is 0 Å². The monoisotopic (exact) mass is 293 g/mol. The number of nitrogens with zero attached hydrogens (tertiary/aromatic N) is 3. The van der Waals surface area contributed by atoms with Crippen LogP contribution in [-0.4, -0.2) is 37.1 Å². The van der Waals surface area contributed by atoms with Gasteiger partial charge in [0.15, 0.2) is 5.69 Å². The highest BCUT2D eigenvalue weighted by Gasteiger charge is 2.27. The third-order valence-corrected chi connectivity index (χ3v) is 4.57. The van der Waals surface area contributed by atoms with Crippen LogP contribution in [0.15, 0.2) is 6.20 Å². The molecule has 2 aromatic rings. The summed E-state index contributed by atoms with van der Waals surface area (Å²) in [6.07, 6.45) is 4.87. The van der Waals surface area contributed by atoms with E-state index < -0.39 is 11.9 Å². The smallest absolute Gasteiger partial charge is 0.358 e. The second-order valence-corrected chi connectivity index (χ2v) is 5.63. The van der Waals surface area contributed by atoms with Crippen LogP contribution in [0.25, 0.3) is 5.00 Å². The van der Waals surface area contributed by atoms with Crippen molar-refractivity contribution in [1.29, 1.82) is 0 Å². The van der Waals surface area contributed by atoms with Gasteiger partial charge in [0.05, 0.1) is 11.8 Å². The molecule has 0 atom stereocenters. The molecular weight excluding hydrogens is 282 g/mol. The lowest BCUT2D eigenvalue weighted by Crippen LogP contribution is -2.08. The number of thiophene rings is 1. The average Bonchev–Trinajstić information content (AvgIpc) is 3.02. The van der Waals surface area contributed by atoms with E-state index in [1.165, 1.54) is 22.2 Å². The minimum Gasteiger partial charge on any atom is -0.478 e. The molecule has 0 amide bonds. The molecule has 1 aliphatic rings. The van der Waals surface area contributed by atoms with Crippen molar-refractivity contribution in [2.24, 2.45) is 0 Å². The summed E-state index contributed by atoms with van der Waals surface area (Å²) < 4.78 is 1.25. The highest BCUT2D eigenvalue weighted by molar-refractivity contribution is 7.15. The maximum atomic E-state index is 11.5. The van der Waals surface area contributed by atoms with Crippen molar-refractivity contribution in [3.63, 3.8) is 0 Å². The second-order valence-electron chi connectivity index (χ2n) is 4.55. The Balaban J connectivity index is 2.14. The lowest BCUT2D eigenvalue weighted by atomic mass is 9.95. The highest BCUT2D eigenvalue weighted by Crippen LogP contribution is 2.36. The average molecular weight is 293 g/mol. The zero-order chi connectivity index (χ0) is 14.3. The van der Waals surface area contributed by atoms with E-state index in [1.54, 1.807) is 0 Å². The van der Waals surface area contributed by atoms with Gasteiger partial charge in [-0.3, -0.25) is 0 Å². The molecule has 2 N–H and O–H groups in total. The molecule has 0 fully saturated rings. The van der Waals surface area contributed by atoms with Crippen molar-refractivity contribution in [2.75, 3.05) is 0 Å². The van der Waals surface area contributed by atoms with Crippen LogP contribution in [0.2, 0.25) is 0 Å². The maximum Gasteiger partial charge on any atom is 0.358 e. The summed E-state index contributed by atoms with van der Waals surface area (Å²) in [5.41, 5.74) is 0.885. The van der Waals surface area contributed by atoms with E-state index in [2.05, 4.69) is 10.3 Å². The number of hydrogen-bond acceptors (Lipinski definition) is 5. The normalized spacial score (nSPS) is 14.0. The standard InChI is InChI=1S/C12H11N3O4S/c16-11(17)7-5-15(14-13-7)10-9(12(18)19)6-3-1-2-4-8(6)20-10/h5H,1-4H2,(H,16,17)(H,18,19). The third kappa shape index (κ3) is 1.97. The van der Waals surface area contributed by atoms with Gasteiger partial charge in [-0.05, 0) is 31.2 Å². The molecule has 20 heavy (non-hydrogen) atoms. The fraction of sp³-hybridized carbons (Fsp3) is 0.333. The number of carbonyl (C=O) groups is 2. The van der Waals surface area contributed by atoms with Crippen LogP contribution in [0.1, 0.15) is 44.1 Å². The first-order valence-electron chi connectivity index (χ1n) is 6.11. The lowest BCUT2D eigenvalue weighted by Gasteiger charge is -2.10. The predicted molar refractivity (Wildman–Crippen MR) is 69.8 cm³/mol. The fourth-order valence-electron chi connectivity index (χ4n) is 2.39. The van der Waals surface area contributed by atoms with Crippen molar-refractivity contribution in [3.05, 3.63) is 27.9 Å². The van der Waals surface area contributed by atoms with Crippen LogP contribution in [0.4, 0.5) is 0 Å². The molecule has 1 aliphatic carbocycles. The minimum atomic E-state index is -1.19. The zero-order valence-electron chi connectivity index (χ0n) is 10.4. The van der Waals surface area contributed by atoms with Gasteiger partial charge in [0.1, 0.15) is 5.00 Å². The summed E-state index contributed by atoms with van der Waals surface area (Å²) in [6.45, 7) is 0. The molecule has 0 aliphatic heterocycles. The van der Waals surface area contributed by atoms with E-state index in [9.17, 15) is 14.7 Å². The Morgan fingerprint density at radius 3 is 2.60 bits per heavy atom. The third-order valence-electron chi connectivity index (χ3n) is 3.29. The zero-order valence-corrected chi connectivity index (χ0v) is 11.2. The molecule has 0 spiro atoms. The second kappa shape index (κ2) is 4.71. The van der Waals surface area contributed by atoms with Crippen LogP contribution in [0.5, 0.6) is 0 Å². The van der Waals surface area contributed by atoms with Gasteiger partial charge >= 0.3 is 11.9 Å². The summed E-state index contributed by atoms with van der Waals surface area (Å²) in [5.74, 6) is -2.19. The van der Waals surface area contributed by atoms with Gasteiger partial charge in [0.25, 0.3) is 0 Å². The van der Waals surface area contributed by atoms with Gasteiger partial charge in [-0.1, -0.05) is 5.21 Å². The number of aromatic carboxylic acids is 2. The Morgan fingerprint density at radius 1 is 1.20 bits per heavy atom. The van der Waals surface area contributed by atoms with Crippen molar-refractivity contribution in [1.82, 2.24) is 15.0 Å². The highest BCUT2D eigenvalue weighted by atomic mass is 32.1. The van der Waals surface area contributed by atoms with E-state index in [0.717, 1.165) is 36.1 Å². The Bertz CT molecular complexity index is 704. The topological polar surface area (TPSA) is 105 Å². The van der Waals surface area contributed by atoms with E-state index >= 15 is 0 Å². The van der Waals surface area contributed by atoms with E-state index in [-0.39, 0.29) is 11.3 Å². The SMILES string of the molecule is O=C(O)c1cn(-c2sc3c(c2C(=O)O)CCCC3)nn1. The van der Waals surface area contributed by atoms with Crippen LogP contribution >= 0.6 is 11.3 Å². The van der Waals surface area contributed by atoms with Gasteiger partial charge in [-0.2, -0.15) is 0 Å². The van der Waals surface area contributed by atoms with Crippen molar-refractivity contribution >= 4 is 23.3 Å². The van der Waals surface area contributed by atoms with E-state index in [4.69, 9.17) is 5.11 Å². The molecule has 0 bridgehead atoms. The van der Waals surface area contributed by atoms with Crippen LogP contribution < -0.4 is 0 Å². The van der Waals surface area contributed by atoms with Crippen LogP contribution in [-0.2, 0) is 12.8 Å². The largest absolute Gasteiger partial charge is 0.478 e. The molecule has 104 valence electrons. The van der Waals surface area contributed by atoms with Gasteiger partial charge in [-0.15, -0.1) is 16.4 Å². The molecule has 2 aromatic heterocycles. The minimum absolute atomic E-state index is 0.201. The number of rotatable bonds is 3. The van der Waals surface area contributed by atoms with E-state index in [0.29, 0.717) is 5.00 Å². The molecule has 8 heteroatoms. The van der Waals surface area contributed by atoms with Crippen molar-refractivity contribution < 1.29 is 19.8 Å². The fourth-order valence-corrected chi connectivity index (χ4v) is 3.70. The number of aromatic nitrogens is 3. The number of fused-ring (bicyclic) bond motifs is 1. The lowest BCUT2D eigenvalue weighted by molar-refractivity contribution is 0.0682. The first-order valence-corrected chi connectivity index (χ1v) is 6.93. The molecule has 0 unspecified atom stereocenters. The van der Waals surface area contributed by atoms with Gasteiger partial charge in [0, 0.05) is 4.88 Å². The summed E-state index contributed by atoms with van der Waals surface area (Å²) in [4.78, 5) is 23.4. The maximum absolute atomic E-state index is 11.5. The van der Waals surface area contributed by atoms with Gasteiger partial charge in [0.2, 0.25) is 0 Å². The van der Waals surface area contributed by atoms with Crippen LogP contribution in [0.3, 0.4) is 0 Å². The predicted octanol–water partition coefficient (Wildman–Crippen LogP) is 1.60. The van der Waals surface area contributed by atoms with Crippen molar-refractivity contribution in [3.8, 4) is 5.00 Å². The molecule has 0 saturated carbocycles. The molecular formula is C12H11N3O4S. The van der Waals surface area contributed by atoms with Crippen molar-refractivity contribution in [2.45, 2.75) is 25.7 Å². The molecule has 0 aromatic carbocycles. The molecule has 7 nitrogen and oxygen atoms in total. The summed E-state index contributed by atoms with van der Waals surface area (Å²) >= 11 is 1.36. The summed E-state index contributed by atoms with van der Waals surface area (Å²) in [6, 6.07) is 0. The molecule has 0 saturated heterocycles. The first kappa shape index (κ1) is 12.8. The Hall–Kier alpha value is -2.22. The molecule has 3 rings (SSSR count). The number of hydrogen-bond donors (Lipinski definition) is 2. The Labute approximate surface area is 117 Å². The Morgan fingerprint density at radius 2 is 1.95 bits per heavy atom. The summed E-state index contributed by atoms with van der Waals surface area (Å²) in [7, 11) is 0. The van der Waals surface area contributed by atoms with Gasteiger partial charge in [-0.25, -0.2) is 14.3 Å². The first-order chi connectivity index (χ1) is 9.58. The van der Waals surface area contributed by atoms with Gasteiger partial charge < -0.3 is 10.2 Å². The summed E-state index contributed by atoms with van der Waals surface area (Å²) in [5, 5.41) is 26.0. The molecule has 2 heterocycles. The number of aryl methyl sites for hydroxylation is 1. The Kier molecular flexibility index (Phi) is 3.01. The van der Waals surface area contributed by atoms with E-state index in [1.807, 2.05) is 0 Å². The number of carboxylic acids is 2. The molecule has 0 radical (unpaired) electrons. The number of carboxylic acid groups (broad SMARTS) is 2.